The highest BCUT2D eigenvalue weighted by Gasteiger charge is 2.22. The number of carbonyl (C=O) groups excluding carboxylic acids is 3. The van der Waals surface area contributed by atoms with Crippen molar-refractivity contribution in [1.29, 1.82) is 0 Å². The number of benzene rings is 3. The number of anilines is 1. The van der Waals surface area contributed by atoms with Gasteiger partial charge in [-0.1, -0.05) is 42.5 Å². The predicted octanol–water partition coefficient (Wildman–Crippen LogP) is 2.67. The van der Waals surface area contributed by atoms with E-state index in [0.717, 1.165) is 27.6 Å². The summed E-state index contributed by atoms with van der Waals surface area (Å²) >= 11 is 0. The number of amides is 2. The number of fused-ring (bicyclic) bond motifs is 1. The molecule has 1 heterocycles. The number of nitrogens with zero attached hydrogens (tertiary/aromatic N) is 1. The van der Waals surface area contributed by atoms with E-state index in [1.807, 2.05) is 54.7 Å². The van der Waals surface area contributed by atoms with Gasteiger partial charge in [-0.3, -0.25) is 14.6 Å². The van der Waals surface area contributed by atoms with Crippen LogP contribution in [0.3, 0.4) is 0 Å². The lowest BCUT2D eigenvalue weighted by atomic mass is 10.0. The maximum Gasteiger partial charge on any atom is 0.328 e. The van der Waals surface area contributed by atoms with Gasteiger partial charge in [0.2, 0.25) is 5.91 Å². The van der Waals surface area contributed by atoms with Gasteiger partial charge in [-0.15, -0.1) is 0 Å². The average molecular weight is 570 g/mol. The van der Waals surface area contributed by atoms with Crippen LogP contribution < -0.4 is 27.8 Å². The number of nitrogens with one attached hydrogen (secondary N) is 3. The molecule has 0 fully saturated rings. The van der Waals surface area contributed by atoms with Crippen LogP contribution in [-0.4, -0.2) is 54.5 Å². The molecule has 0 saturated heterocycles. The number of para-hydroxylation sites is 1. The minimum Gasteiger partial charge on any atom is -0.467 e. The zero-order valence-corrected chi connectivity index (χ0v) is 23.3. The summed E-state index contributed by atoms with van der Waals surface area (Å²) in [5.74, 6) is -1.33. The Morgan fingerprint density at radius 3 is 2.48 bits per heavy atom. The van der Waals surface area contributed by atoms with Gasteiger partial charge in [-0.25, -0.2) is 4.79 Å². The van der Waals surface area contributed by atoms with E-state index in [0.29, 0.717) is 37.1 Å². The molecule has 9 N–H and O–H groups in total. The lowest BCUT2D eigenvalue weighted by Gasteiger charge is -2.16. The van der Waals surface area contributed by atoms with Crippen molar-refractivity contribution in [2.24, 2.45) is 22.2 Å². The Hall–Kier alpha value is -5.16. The number of hydrogen-bond acceptors (Lipinski definition) is 6. The van der Waals surface area contributed by atoms with E-state index in [9.17, 15) is 14.4 Å². The number of methoxy groups -OCH3 is 1. The second kappa shape index (κ2) is 14.0. The molecule has 0 bridgehead atoms. The second-order valence-corrected chi connectivity index (χ2v) is 9.82. The van der Waals surface area contributed by atoms with Crippen LogP contribution in [0.4, 0.5) is 5.69 Å². The quantitative estimate of drug-likeness (QED) is 0.0654. The smallest absolute Gasteiger partial charge is 0.328 e. The highest BCUT2D eigenvalue weighted by Crippen LogP contribution is 2.24. The third-order valence-electron chi connectivity index (χ3n) is 6.78. The largest absolute Gasteiger partial charge is 0.467 e. The van der Waals surface area contributed by atoms with Crippen LogP contribution in [0.15, 0.2) is 84.0 Å². The van der Waals surface area contributed by atoms with Crippen molar-refractivity contribution in [3.63, 3.8) is 0 Å². The van der Waals surface area contributed by atoms with Gasteiger partial charge in [0.05, 0.1) is 13.2 Å². The number of hydrogen-bond donors (Lipinski definition) is 6. The molecule has 4 rings (SSSR count). The third kappa shape index (κ3) is 7.73. The van der Waals surface area contributed by atoms with Crippen molar-refractivity contribution < 1.29 is 19.1 Å². The zero-order valence-electron chi connectivity index (χ0n) is 23.3. The van der Waals surface area contributed by atoms with E-state index in [1.165, 1.54) is 7.11 Å². The number of H-pyrrole nitrogens is 1. The molecule has 0 aliphatic carbocycles. The maximum atomic E-state index is 13.0. The standard InChI is InChI=1S/C31H35N7O4/c1-42-30(41)27(13-6-14-35-31(33)34)38-28(39)21-9-4-7-19(15-21)20-8-5-10-23(16-20)37-29(40)25(32)17-22-18-36-26-12-3-2-11-24(22)26/h2-5,7-12,15-16,18,25,27,36H,6,13-14,17,32H2,1H3,(H,37,40)(H,38,39)(H4,33,34,35)/t25-,27-/m0/s1. The average Bonchev–Trinajstić information content (AvgIpc) is 3.40. The Morgan fingerprint density at radius 1 is 0.976 bits per heavy atom. The van der Waals surface area contributed by atoms with Gasteiger partial charge in [0.1, 0.15) is 6.04 Å². The molecule has 42 heavy (non-hydrogen) atoms. The molecule has 0 spiro atoms. The molecular formula is C31H35N7O4. The maximum absolute atomic E-state index is 13.0. The van der Waals surface area contributed by atoms with Crippen LogP contribution in [0, 0.1) is 0 Å². The summed E-state index contributed by atoms with van der Waals surface area (Å²) in [5.41, 5.74) is 21.4. The molecule has 11 heteroatoms. The third-order valence-corrected chi connectivity index (χ3v) is 6.78. The van der Waals surface area contributed by atoms with Crippen LogP contribution >= 0.6 is 0 Å². The van der Waals surface area contributed by atoms with E-state index in [1.54, 1.807) is 24.3 Å². The number of rotatable bonds is 12. The van der Waals surface area contributed by atoms with Crippen molar-refractivity contribution in [3.05, 3.63) is 90.1 Å². The molecule has 0 saturated carbocycles. The molecule has 0 aliphatic heterocycles. The molecule has 2 atom stereocenters. The van der Waals surface area contributed by atoms with E-state index >= 15 is 0 Å². The zero-order chi connectivity index (χ0) is 30.1. The van der Waals surface area contributed by atoms with Gasteiger partial charge in [0, 0.05) is 34.9 Å². The molecule has 4 aromatic rings. The molecule has 0 aliphatic rings. The summed E-state index contributed by atoms with van der Waals surface area (Å²) in [5, 5.41) is 6.67. The summed E-state index contributed by atoms with van der Waals surface area (Å²) in [4.78, 5) is 45.3. The van der Waals surface area contributed by atoms with Crippen LogP contribution in [0.25, 0.3) is 22.0 Å². The van der Waals surface area contributed by atoms with Gasteiger partial charge in [-0.05, 0) is 66.3 Å². The highest BCUT2D eigenvalue weighted by atomic mass is 16.5. The summed E-state index contributed by atoms with van der Waals surface area (Å²) < 4.78 is 4.85. The molecule has 0 radical (unpaired) electrons. The Balaban J connectivity index is 1.41. The number of aliphatic imine (C=N–C) groups is 1. The van der Waals surface area contributed by atoms with Crippen molar-refractivity contribution in [2.75, 3.05) is 19.0 Å². The molecule has 11 nitrogen and oxygen atoms in total. The number of guanidine groups is 1. The Morgan fingerprint density at radius 2 is 1.71 bits per heavy atom. The lowest BCUT2D eigenvalue weighted by molar-refractivity contribution is -0.143. The lowest BCUT2D eigenvalue weighted by Crippen LogP contribution is -2.41. The van der Waals surface area contributed by atoms with Crippen LogP contribution in [0.1, 0.15) is 28.8 Å². The molecule has 218 valence electrons. The normalized spacial score (nSPS) is 12.2. The summed E-state index contributed by atoms with van der Waals surface area (Å²) in [6.07, 6.45) is 3.04. The van der Waals surface area contributed by atoms with Gasteiger partial charge in [0.25, 0.3) is 5.91 Å². The Labute approximate surface area is 243 Å². The number of esters is 1. The van der Waals surface area contributed by atoms with Crippen molar-refractivity contribution in [2.45, 2.75) is 31.3 Å². The minimum absolute atomic E-state index is 0.0395. The summed E-state index contributed by atoms with van der Waals surface area (Å²) in [6, 6.07) is 20.5. The topological polar surface area (TPSA) is 191 Å². The minimum atomic E-state index is -0.854. The molecule has 3 aromatic carbocycles. The number of ether oxygens (including phenoxy) is 1. The first-order chi connectivity index (χ1) is 20.2. The van der Waals surface area contributed by atoms with Gasteiger partial charge < -0.3 is 37.6 Å². The number of aromatic nitrogens is 1. The van der Waals surface area contributed by atoms with Crippen LogP contribution in [0.2, 0.25) is 0 Å². The number of carbonyl (C=O) groups is 3. The second-order valence-electron chi connectivity index (χ2n) is 9.82. The monoisotopic (exact) mass is 569 g/mol. The fourth-order valence-corrected chi connectivity index (χ4v) is 4.62. The predicted molar refractivity (Wildman–Crippen MR) is 164 cm³/mol. The molecule has 2 amide bonds. The SMILES string of the molecule is COC(=O)[C@H](CCCN=C(N)N)NC(=O)c1cccc(-c2cccc(NC(=O)[C@@H](N)Cc3c[nH]c4ccccc34)c2)c1. The van der Waals surface area contributed by atoms with Crippen molar-refractivity contribution in [1.82, 2.24) is 10.3 Å². The summed E-state index contributed by atoms with van der Waals surface area (Å²) in [7, 11) is 1.26. The van der Waals surface area contributed by atoms with E-state index < -0.39 is 24.0 Å². The molecule has 0 unspecified atom stereocenters. The number of aromatic amines is 1. The summed E-state index contributed by atoms with van der Waals surface area (Å²) in [6.45, 7) is 0.321. The fourth-order valence-electron chi connectivity index (χ4n) is 4.62. The van der Waals surface area contributed by atoms with Crippen molar-refractivity contribution in [3.8, 4) is 11.1 Å². The Bertz CT molecular complexity index is 1590. The van der Waals surface area contributed by atoms with Crippen LogP contribution in [-0.2, 0) is 20.7 Å². The first kappa shape index (κ1) is 29.8. The molecule has 1 aromatic heterocycles. The first-order valence-electron chi connectivity index (χ1n) is 13.5. The van der Waals surface area contributed by atoms with Crippen molar-refractivity contribution >= 4 is 40.3 Å². The fraction of sp³-hybridized carbons (Fsp3) is 0.226. The van der Waals surface area contributed by atoms with Gasteiger partial charge in [0.15, 0.2) is 5.96 Å². The highest BCUT2D eigenvalue weighted by molar-refractivity contribution is 5.98. The van der Waals surface area contributed by atoms with E-state index in [-0.39, 0.29) is 11.9 Å². The number of nitrogens with two attached hydrogens (primary N) is 3. The van der Waals surface area contributed by atoms with Gasteiger partial charge in [-0.2, -0.15) is 0 Å². The Kier molecular flexibility index (Phi) is 9.90. The first-order valence-corrected chi connectivity index (χ1v) is 13.5. The van der Waals surface area contributed by atoms with E-state index in [4.69, 9.17) is 21.9 Å². The van der Waals surface area contributed by atoms with Gasteiger partial charge >= 0.3 is 5.97 Å². The van der Waals surface area contributed by atoms with E-state index in [2.05, 4.69) is 20.6 Å². The van der Waals surface area contributed by atoms with Crippen LogP contribution in [0.5, 0.6) is 0 Å². The molecular weight excluding hydrogens is 534 g/mol.